The monoisotopic (exact) mass is 213 g/mol. The molecule has 0 spiro atoms. The van der Waals surface area contributed by atoms with Crippen molar-refractivity contribution in [3.05, 3.63) is 0 Å². The normalized spacial score (nSPS) is 19.7. The summed E-state index contributed by atoms with van der Waals surface area (Å²) in [7, 11) is 0. The van der Waals surface area contributed by atoms with Crippen molar-refractivity contribution in [2.45, 2.75) is 19.4 Å². The molecule has 1 aliphatic rings. The molecule has 0 aromatic rings. The molecule has 0 unspecified atom stereocenters. The van der Waals surface area contributed by atoms with Crippen LogP contribution in [0.1, 0.15) is 6.92 Å². The summed E-state index contributed by atoms with van der Waals surface area (Å²) in [5, 5.41) is 0. The van der Waals surface area contributed by atoms with E-state index >= 15 is 0 Å². The van der Waals surface area contributed by atoms with Crippen LogP contribution >= 0.6 is 0 Å². The lowest BCUT2D eigenvalue weighted by Crippen LogP contribution is -2.52. The fourth-order valence-electron chi connectivity index (χ4n) is 1.26. The van der Waals surface area contributed by atoms with Gasteiger partial charge in [-0.05, 0) is 6.54 Å². The standard InChI is InChI=1S/C8H14F3NO2/c1-2-12-5-7(6-12)13-3-4-14-8(9,10)11/h7H,2-6H2,1H3. The van der Waals surface area contributed by atoms with E-state index in [0.29, 0.717) is 0 Å². The van der Waals surface area contributed by atoms with Crippen LogP contribution in [-0.4, -0.2) is 50.2 Å². The molecule has 0 amide bonds. The van der Waals surface area contributed by atoms with Gasteiger partial charge in [0.15, 0.2) is 0 Å². The van der Waals surface area contributed by atoms with Gasteiger partial charge in [-0.3, -0.25) is 9.64 Å². The van der Waals surface area contributed by atoms with E-state index in [1.54, 1.807) is 0 Å². The maximum absolute atomic E-state index is 11.5. The number of rotatable bonds is 5. The van der Waals surface area contributed by atoms with Crippen LogP contribution < -0.4 is 0 Å². The summed E-state index contributed by atoms with van der Waals surface area (Å²) in [4.78, 5) is 2.15. The van der Waals surface area contributed by atoms with Gasteiger partial charge in [0.1, 0.15) is 0 Å². The highest BCUT2D eigenvalue weighted by Crippen LogP contribution is 2.16. The molecule has 0 N–H and O–H groups in total. The Labute approximate surface area is 80.8 Å². The topological polar surface area (TPSA) is 21.7 Å². The van der Waals surface area contributed by atoms with Crippen molar-refractivity contribution < 1.29 is 22.6 Å². The summed E-state index contributed by atoms with van der Waals surface area (Å²) in [6, 6.07) is 0. The molecule has 1 fully saturated rings. The average Bonchev–Trinajstić information content (AvgIpc) is 1.98. The molecule has 0 bridgehead atoms. The number of halogens is 3. The van der Waals surface area contributed by atoms with Crippen LogP contribution in [0.5, 0.6) is 0 Å². The lowest BCUT2D eigenvalue weighted by molar-refractivity contribution is -0.328. The molecule has 3 nitrogen and oxygen atoms in total. The van der Waals surface area contributed by atoms with E-state index in [4.69, 9.17) is 4.74 Å². The Hall–Kier alpha value is -0.330. The third kappa shape index (κ3) is 4.26. The maximum atomic E-state index is 11.5. The summed E-state index contributed by atoms with van der Waals surface area (Å²) >= 11 is 0. The second kappa shape index (κ2) is 4.95. The zero-order valence-electron chi connectivity index (χ0n) is 8.01. The number of alkyl halides is 3. The third-order valence-electron chi connectivity index (χ3n) is 2.07. The van der Waals surface area contributed by atoms with Gasteiger partial charge in [-0.15, -0.1) is 13.2 Å². The number of ether oxygens (including phenoxy) is 2. The van der Waals surface area contributed by atoms with Crippen LogP contribution in [0.2, 0.25) is 0 Å². The highest BCUT2D eigenvalue weighted by atomic mass is 19.4. The molecule has 0 saturated carbocycles. The Kier molecular flexibility index (Phi) is 4.15. The lowest BCUT2D eigenvalue weighted by Gasteiger charge is -2.38. The van der Waals surface area contributed by atoms with Gasteiger partial charge in [-0.25, -0.2) is 0 Å². The number of likely N-dealkylation sites (N-methyl/N-ethyl adjacent to an activating group) is 1. The molecule has 0 aliphatic carbocycles. The van der Waals surface area contributed by atoms with E-state index in [2.05, 4.69) is 9.64 Å². The molecule has 1 rings (SSSR count). The zero-order valence-corrected chi connectivity index (χ0v) is 8.01. The molecule has 0 atom stereocenters. The number of hydrogen-bond acceptors (Lipinski definition) is 3. The quantitative estimate of drug-likeness (QED) is 0.641. The van der Waals surface area contributed by atoms with Gasteiger partial charge >= 0.3 is 6.36 Å². The Morgan fingerprint density at radius 3 is 2.43 bits per heavy atom. The summed E-state index contributed by atoms with van der Waals surface area (Å²) in [5.41, 5.74) is 0. The predicted octanol–water partition coefficient (Wildman–Crippen LogP) is 1.24. The molecule has 0 radical (unpaired) electrons. The van der Waals surface area contributed by atoms with Crippen molar-refractivity contribution in [2.75, 3.05) is 32.8 Å². The van der Waals surface area contributed by atoms with Gasteiger partial charge < -0.3 is 4.74 Å². The number of likely N-dealkylation sites (tertiary alicyclic amines) is 1. The highest BCUT2D eigenvalue weighted by molar-refractivity contribution is 4.79. The van der Waals surface area contributed by atoms with Crippen LogP contribution in [0.15, 0.2) is 0 Å². The maximum Gasteiger partial charge on any atom is 0.522 e. The largest absolute Gasteiger partial charge is 0.522 e. The van der Waals surface area contributed by atoms with Crippen molar-refractivity contribution in [3.8, 4) is 0 Å². The molecule has 1 saturated heterocycles. The minimum atomic E-state index is -4.54. The van der Waals surface area contributed by atoms with Crippen LogP contribution in [0.3, 0.4) is 0 Å². The Balaban J connectivity index is 1.91. The number of nitrogens with zero attached hydrogens (tertiary/aromatic N) is 1. The average molecular weight is 213 g/mol. The molecule has 84 valence electrons. The van der Waals surface area contributed by atoms with Crippen LogP contribution in [-0.2, 0) is 9.47 Å². The van der Waals surface area contributed by atoms with E-state index in [1.165, 1.54) is 0 Å². The molecule has 1 heterocycles. The van der Waals surface area contributed by atoms with Crippen LogP contribution in [0.25, 0.3) is 0 Å². The molecular weight excluding hydrogens is 199 g/mol. The van der Waals surface area contributed by atoms with E-state index < -0.39 is 13.0 Å². The summed E-state index contributed by atoms with van der Waals surface area (Å²) in [6.45, 7) is 4.18. The third-order valence-corrected chi connectivity index (χ3v) is 2.07. The first kappa shape index (κ1) is 11.7. The Morgan fingerprint density at radius 1 is 1.29 bits per heavy atom. The first-order valence-corrected chi connectivity index (χ1v) is 4.56. The summed E-state index contributed by atoms with van der Waals surface area (Å²) < 4.78 is 43.2. The Morgan fingerprint density at radius 2 is 1.93 bits per heavy atom. The molecular formula is C8H14F3NO2. The molecule has 1 aliphatic heterocycles. The highest BCUT2D eigenvalue weighted by Gasteiger charge is 2.29. The fraction of sp³-hybridized carbons (Fsp3) is 1.00. The second-order valence-electron chi connectivity index (χ2n) is 3.14. The van der Waals surface area contributed by atoms with Gasteiger partial charge in [0, 0.05) is 13.1 Å². The molecule has 14 heavy (non-hydrogen) atoms. The van der Waals surface area contributed by atoms with Crippen molar-refractivity contribution in [1.82, 2.24) is 4.90 Å². The fourth-order valence-corrected chi connectivity index (χ4v) is 1.26. The molecule has 0 aromatic heterocycles. The van der Waals surface area contributed by atoms with Gasteiger partial charge in [-0.1, -0.05) is 6.92 Å². The van der Waals surface area contributed by atoms with E-state index in [-0.39, 0.29) is 12.7 Å². The van der Waals surface area contributed by atoms with Crippen molar-refractivity contribution in [1.29, 1.82) is 0 Å². The minimum absolute atomic E-state index is 0.00172. The van der Waals surface area contributed by atoms with E-state index in [1.807, 2.05) is 6.92 Å². The van der Waals surface area contributed by atoms with Crippen molar-refractivity contribution in [3.63, 3.8) is 0 Å². The smallest absolute Gasteiger partial charge is 0.373 e. The zero-order chi connectivity index (χ0) is 10.6. The van der Waals surface area contributed by atoms with E-state index in [0.717, 1.165) is 19.6 Å². The van der Waals surface area contributed by atoms with Gasteiger partial charge in [0.2, 0.25) is 0 Å². The van der Waals surface area contributed by atoms with Crippen LogP contribution in [0, 0.1) is 0 Å². The molecule has 6 heteroatoms. The number of hydrogen-bond donors (Lipinski definition) is 0. The first-order chi connectivity index (χ1) is 6.51. The van der Waals surface area contributed by atoms with Gasteiger partial charge in [0.25, 0.3) is 0 Å². The van der Waals surface area contributed by atoms with Crippen molar-refractivity contribution in [2.24, 2.45) is 0 Å². The van der Waals surface area contributed by atoms with Crippen LogP contribution in [0.4, 0.5) is 13.2 Å². The Bertz CT molecular complexity index is 168. The van der Waals surface area contributed by atoms with E-state index in [9.17, 15) is 13.2 Å². The molecule has 0 aromatic carbocycles. The summed E-state index contributed by atoms with van der Waals surface area (Å²) in [6.07, 6.45) is -4.47. The first-order valence-electron chi connectivity index (χ1n) is 4.56. The van der Waals surface area contributed by atoms with Gasteiger partial charge in [0.05, 0.1) is 19.3 Å². The lowest BCUT2D eigenvalue weighted by atomic mass is 10.2. The SMILES string of the molecule is CCN1CC(OCCOC(F)(F)F)C1. The predicted molar refractivity (Wildman–Crippen MR) is 43.9 cm³/mol. The summed E-state index contributed by atoms with van der Waals surface area (Å²) in [5.74, 6) is 0. The second-order valence-corrected chi connectivity index (χ2v) is 3.14. The van der Waals surface area contributed by atoms with Crippen molar-refractivity contribution >= 4 is 0 Å². The van der Waals surface area contributed by atoms with Gasteiger partial charge in [-0.2, -0.15) is 0 Å². The minimum Gasteiger partial charge on any atom is -0.373 e.